The van der Waals surface area contributed by atoms with Gasteiger partial charge in [-0.3, -0.25) is 14.4 Å². The van der Waals surface area contributed by atoms with Crippen molar-refractivity contribution in [3.8, 4) is 17.5 Å². The number of thioether (sulfide) groups is 1. The lowest BCUT2D eigenvalue weighted by Crippen LogP contribution is -2.41. The van der Waals surface area contributed by atoms with Gasteiger partial charge in [0.15, 0.2) is 0 Å². The van der Waals surface area contributed by atoms with Gasteiger partial charge in [0, 0.05) is 5.56 Å². The first-order chi connectivity index (χ1) is 20.1. The molecule has 0 radical (unpaired) electrons. The number of rotatable bonds is 10. The van der Waals surface area contributed by atoms with Crippen molar-refractivity contribution in [2.45, 2.75) is 63.8 Å². The van der Waals surface area contributed by atoms with Gasteiger partial charge < -0.3 is 20.5 Å². The molecule has 228 valence electrons. The number of hydrogen-bond donors (Lipinski definition) is 3. The van der Waals surface area contributed by atoms with E-state index in [4.69, 9.17) is 33.0 Å². The first-order valence-electron chi connectivity index (χ1n) is 13.1. The lowest BCUT2D eigenvalue weighted by atomic mass is 9.87. The summed E-state index contributed by atoms with van der Waals surface area (Å²) < 4.78 is 7.01. The van der Waals surface area contributed by atoms with Gasteiger partial charge in [0.05, 0.1) is 27.2 Å². The van der Waals surface area contributed by atoms with Crippen LogP contribution in [0.2, 0.25) is 10.0 Å². The Labute approximate surface area is 264 Å². The minimum absolute atomic E-state index is 0.0142. The number of carboxylic acid groups (broad SMARTS) is 1. The van der Waals surface area contributed by atoms with Crippen LogP contribution in [0.3, 0.4) is 0 Å². The fourth-order valence-corrected chi connectivity index (χ4v) is 4.60. The number of tetrazole rings is 1. The number of nitrogens with one attached hydrogen (secondary N) is 2. The number of anilines is 1. The zero-order valence-electron chi connectivity index (χ0n) is 24.5. The van der Waals surface area contributed by atoms with Crippen LogP contribution in [0.5, 0.6) is 0 Å². The Balaban J connectivity index is 1.58. The highest BCUT2D eigenvalue weighted by Gasteiger charge is 2.20. The van der Waals surface area contributed by atoms with Crippen molar-refractivity contribution in [3.05, 3.63) is 57.6 Å². The Morgan fingerprint density at radius 1 is 1.07 bits per heavy atom. The van der Waals surface area contributed by atoms with Gasteiger partial charge in [-0.05, 0) is 72.5 Å². The first kappa shape index (κ1) is 33.9. The van der Waals surface area contributed by atoms with Crippen LogP contribution in [0.15, 0.2) is 41.6 Å². The summed E-state index contributed by atoms with van der Waals surface area (Å²) in [7, 11) is 0. The van der Waals surface area contributed by atoms with Crippen molar-refractivity contribution in [1.29, 1.82) is 0 Å². The highest BCUT2D eigenvalue weighted by molar-refractivity contribution is 7.99. The number of amides is 2. The van der Waals surface area contributed by atoms with Crippen LogP contribution < -0.4 is 10.6 Å². The predicted octanol–water partition coefficient (Wildman–Crippen LogP) is 4.73. The van der Waals surface area contributed by atoms with Crippen molar-refractivity contribution in [2.75, 3.05) is 17.7 Å². The van der Waals surface area contributed by atoms with Crippen LogP contribution >= 0.6 is 35.0 Å². The minimum atomic E-state index is -1.15. The van der Waals surface area contributed by atoms with Crippen LogP contribution in [0.4, 0.5) is 5.69 Å². The summed E-state index contributed by atoms with van der Waals surface area (Å²) in [5.41, 5.74) is 1.56. The molecule has 0 saturated carbocycles. The van der Waals surface area contributed by atoms with E-state index in [1.54, 1.807) is 32.0 Å². The Hall–Kier alpha value is -3.63. The molecule has 0 aliphatic heterocycles. The molecule has 2 amide bonds. The van der Waals surface area contributed by atoms with Gasteiger partial charge >= 0.3 is 5.97 Å². The summed E-state index contributed by atoms with van der Waals surface area (Å²) in [5.74, 6) is 3.83. The quantitative estimate of drug-likeness (QED) is 0.210. The van der Waals surface area contributed by atoms with E-state index in [0.29, 0.717) is 27.1 Å². The van der Waals surface area contributed by atoms with Gasteiger partial charge in [-0.15, -0.1) is 5.10 Å². The Morgan fingerprint density at radius 2 is 1.79 bits per heavy atom. The summed E-state index contributed by atoms with van der Waals surface area (Å²) in [4.78, 5) is 35.4. The zero-order valence-corrected chi connectivity index (χ0v) is 26.8. The summed E-state index contributed by atoms with van der Waals surface area (Å²) in [6.45, 7) is 10.6. The fraction of sp³-hybridized carbons (Fsp3) is 0.379. The first-order valence-corrected chi connectivity index (χ1v) is 14.8. The molecule has 0 aliphatic rings. The van der Waals surface area contributed by atoms with Crippen molar-refractivity contribution >= 4 is 58.4 Å². The number of nitrogens with zero attached hydrogens (tertiary/aromatic N) is 4. The number of carboxylic acids is 1. The molecular weight excluding hydrogens is 615 g/mol. The van der Waals surface area contributed by atoms with Crippen molar-refractivity contribution < 1.29 is 24.2 Å². The van der Waals surface area contributed by atoms with Gasteiger partial charge in [-0.2, -0.15) is 4.68 Å². The molecule has 43 heavy (non-hydrogen) atoms. The number of halogens is 2. The molecular formula is C29H32Cl2N6O5S. The molecule has 11 nitrogen and oxygen atoms in total. The van der Waals surface area contributed by atoms with E-state index < -0.39 is 23.5 Å². The summed E-state index contributed by atoms with van der Waals surface area (Å²) in [6, 6.07) is 9.58. The molecule has 0 spiro atoms. The summed E-state index contributed by atoms with van der Waals surface area (Å²) in [5, 5.41) is 26.9. The normalized spacial score (nSPS) is 12.2. The number of aliphatic carboxylic acids is 1. The third-order valence-electron chi connectivity index (χ3n) is 5.88. The number of ether oxygens (including phenoxy) is 1. The van der Waals surface area contributed by atoms with Crippen molar-refractivity contribution in [3.63, 3.8) is 0 Å². The second kappa shape index (κ2) is 14.2. The van der Waals surface area contributed by atoms with E-state index in [9.17, 15) is 14.4 Å². The molecule has 1 aromatic heterocycles. The molecule has 1 heterocycles. The van der Waals surface area contributed by atoms with E-state index in [1.807, 2.05) is 18.2 Å². The topological polar surface area (TPSA) is 148 Å². The van der Waals surface area contributed by atoms with Gasteiger partial charge in [-0.25, -0.2) is 0 Å². The predicted molar refractivity (Wildman–Crippen MR) is 166 cm³/mol. The van der Waals surface area contributed by atoms with E-state index in [0.717, 1.165) is 17.3 Å². The number of carbonyl (C=O) groups excluding carboxylic acids is 2. The molecule has 2 aromatic carbocycles. The third-order valence-corrected chi connectivity index (χ3v) is 7.41. The van der Waals surface area contributed by atoms with E-state index in [-0.39, 0.29) is 28.7 Å². The summed E-state index contributed by atoms with van der Waals surface area (Å²) >= 11 is 14.1. The third kappa shape index (κ3) is 9.96. The molecule has 3 N–H and O–H groups in total. The number of carbonyl (C=O) groups is 3. The maximum Gasteiger partial charge on any atom is 0.325 e. The lowest BCUT2D eigenvalue weighted by Gasteiger charge is -2.20. The number of aromatic nitrogens is 4. The highest BCUT2D eigenvalue weighted by atomic mass is 35.5. The van der Waals surface area contributed by atoms with Crippen LogP contribution in [0.1, 0.15) is 52.7 Å². The molecule has 1 unspecified atom stereocenters. The lowest BCUT2D eigenvalue weighted by molar-refractivity contribution is -0.142. The SMILES string of the molecule is CC(NC(=O)COC(C)(C)C#Cc1ccc(NC(=O)CSc2nnnn2-c2ccc(C(C)(C)C)cc2Cl)c(Cl)c1)C(=O)O. The van der Waals surface area contributed by atoms with Crippen LogP contribution in [0.25, 0.3) is 5.69 Å². The standard InChI is InChI=1S/C29H32Cl2N6O5S/c1-17(26(40)41)32-24(38)15-42-29(5,6)12-11-18-7-9-22(20(30)13-18)33-25(39)16-43-27-34-35-36-37(27)23-10-8-19(14-21(23)31)28(2,3)4/h7-10,13-14,17H,15-16H2,1-6H3,(H,32,38)(H,33,39)(H,40,41). The molecule has 0 fully saturated rings. The molecule has 0 bridgehead atoms. The Bertz CT molecular complexity index is 1580. The number of hydrogen-bond acceptors (Lipinski definition) is 8. The molecule has 0 aliphatic carbocycles. The second-order valence-corrected chi connectivity index (χ2v) is 12.8. The van der Waals surface area contributed by atoms with Gasteiger partial charge in [-0.1, -0.05) is 73.6 Å². The average molecular weight is 648 g/mol. The van der Waals surface area contributed by atoms with E-state index in [2.05, 4.69) is 58.8 Å². The molecule has 3 aromatic rings. The van der Waals surface area contributed by atoms with Gasteiger partial charge in [0.25, 0.3) is 0 Å². The second-order valence-electron chi connectivity index (χ2n) is 11.0. The summed E-state index contributed by atoms with van der Waals surface area (Å²) in [6.07, 6.45) is 0. The van der Waals surface area contributed by atoms with Crippen molar-refractivity contribution in [1.82, 2.24) is 25.5 Å². The highest BCUT2D eigenvalue weighted by Crippen LogP contribution is 2.30. The van der Waals surface area contributed by atoms with Gasteiger partial charge in [0.1, 0.15) is 18.2 Å². The molecule has 14 heteroatoms. The Kier molecular flexibility index (Phi) is 11.2. The van der Waals surface area contributed by atoms with Crippen molar-refractivity contribution in [2.24, 2.45) is 0 Å². The van der Waals surface area contributed by atoms with E-state index >= 15 is 0 Å². The smallest absolute Gasteiger partial charge is 0.325 e. The van der Waals surface area contributed by atoms with Crippen LogP contribution in [0, 0.1) is 11.8 Å². The van der Waals surface area contributed by atoms with Gasteiger partial charge in [0.2, 0.25) is 17.0 Å². The Morgan fingerprint density at radius 3 is 2.42 bits per heavy atom. The molecule has 3 rings (SSSR count). The maximum atomic E-state index is 12.7. The van der Waals surface area contributed by atoms with Crippen LogP contribution in [-0.2, 0) is 24.5 Å². The number of benzene rings is 2. The van der Waals surface area contributed by atoms with Crippen LogP contribution in [-0.4, -0.2) is 67.1 Å². The molecule has 1 atom stereocenters. The van der Waals surface area contributed by atoms with E-state index in [1.165, 1.54) is 11.6 Å². The molecule has 0 saturated heterocycles. The largest absolute Gasteiger partial charge is 0.480 e. The minimum Gasteiger partial charge on any atom is -0.480 e. The monoisotopic (exact) mass is 646 g/mol. The average Bonchev–Trinajstić information content (AvgIpc) is 3.39. The fourth-order valence-electron chi connectivity index (χ4n) is 3.43. The zero-order chi connectivity index (χ0) is 31.9. The maximum absolute atomic E-state index is 12.7.